The lowest BCUT2D eigenvalue weighted by atomic mass is 9.83. The molecule has 0 saturated heterocycles. The van der Waals surface area contributed by atoms with Gasteiger partial charge in [0, 0.05) is 18.5 Å². The molecular formula is C23H29N3O3. The fourth-order valence-corrected chi connectivity index (χ4v) is 3.31. The summed E-state index contributed by atoms with van der Waals surface area (Å²) in [6, 6.07) is 10.2. The number of nitrogens with one attached hydrogen (secondary N) is 1. The molecule has 0 bridgehead atoms. The minimum absolute atomic E-state index is 0.0285. The molecule has 154 valence electrons. The van der Waals surface area contributed by atoms with E-state index in [0.29, 0.717) is 25.0 Å². The first-order chi connectivity index (χ1) is 14.0. The Balaban J connectivity index is 1.44. The molecule has 1 aliphatic rings. The molecule has 3 rings (SSSR count). The minimum atomic E-state index is -0.0285. The van der Waals surface area contributed by atoms with Crippen molar-refractivity contribution in [1.82, 2.24) is 15.3 Å². The maximum atomic E-state index is 11.0. The monoisotopic (exact) mass is 395 g/mol. The van der Waals surface area contributed by atoms with E-state index >= 15 is 0 Å². The second kappa shape index (κ2) is 10.2. The zero-order chi connectivity index (χ0) is 20.6. The third kappa shape index (κ3) is 6.39. The van der Waals surface area contributed by atoms with E-state index in [0.717, 1.165) is 29.7 Å². The minimum Gasteiger partial charge on any atom is -0.477 e. The van der Waals surface area contributed by atoms with Crippen molar-refractivity contribution in [2.24, 2.45) is 5.92 Å². The summed E-state index contributed by atoms with van der Waals surface area (Å²) in [4.78, 5) is 19.7. The fraction of sp³-hybridized carbons (Fsp3) is 0.435. The van der Waals surface area contributed by atoms with Gasteiger partial charge in [0.2, 0.25) is 11.8 Å². The van der Waals surface area contributed by atoms with Gasteiger partial charge in [-0.05, 0) is 44.2 Å². The lowest BCUT2D eigenvalue weighted by Crippen LogP contribution is -2.40. The van der Waals surface area contributed by atoms with Gasteiger partial charge in [0.15, 0.2) is 0 Å². The molecule has 29 heavy (non-hydrogen) atoms. The number of nitrogens with zero attached hydrogens (tertiary/aromatic N) is 2. The Morgan fingerprint density at radius 2 is 2.00 bits per heavy atom. The van der Waals surface area contributed by atoms with E-state index in [-0.39, 0.29) is 18.1 Å². The Morgan fingerprint density at radius 1 is 1.24 bits per heavy atom. The summed E-state index contributed by atoms with van der Waals surface area (Å²) in [5.41, 5.74) is 2.93. The summed E-state index contributed by atoms with van der Waals surface area (Å²) in [5.74, 6) is 1.07. The molecule has 1 amide bonds. The number of amides is 1. The highest BCUT2D eigenvalue weighted by Crippen LogP contribution is 2.31. The van der Waals surface area contributed by atoms with E-state index in [1.54, 1.807) is 6.33 Å². The third-order valence-electron chi connectivity index (χ3n) is 4.99. The standard InChI is InChI=1S/C23H29N3O3/c1-16(26-18(3)27)13-28-21-11-20(12-21)14-29-23-17(2)22(24-15-25-23)10-9-19-7-5-4-6-8-19/h4-10,15-16,20-21H,11-14H2,1-3H3,(H,26,27)/b10-9+/t16-,20?,21?/m0/s1. The largest absolute Gasteiger partial charge is 0.477 e. The molecule has 1 aromatic heterocycles. The molecule has 0 radical (unpaired) electrons. The van der Waals surface area contributed by atoms with Crippen molar-refractivity contribution in [3.8, 4) is 5.88 Å². The third-order valence-corrected chi connectivity index (χ3v) is 4.99. The molecule has 1 aromatic carbocycles. The Morgan fingerprint density at radius 3 is 2.72 bits per heavy atom. The highest BCUT2D eigenvalue weighted by atomic mass is 16.5. The van der Waals surface area contributed by atoms with Gasteiger partial charge in [0.25, 0.3) is 0 Å². The van der Waals surface area contributed by atoms with Gasteiger partial charge in [-0.2, -0.15) is 0 Å². The van der Waals surface area contributed by atoms with Crippen molar-refractivity contribution < 1.29 is 14.3 Å². The van der Waals surface area contributed by atoms with Crippen molar-refractivity contribution in [3.63, 3.8) is 0 Å². The Kier molecular flexibility index (Phi) is 7.36. The van der Waals surface area contributed by atoms with Crippen LogP contribution in [0.3, 0.4) is 0 Å². The second-order valence-corrected chi connectivity index (χ2v) is 7.64. The summed E-state index contributed by atoms with van der Waals surface area (Å²) in [6.07, 6.45) is 7.76. The average molecular weight is 396 g/mol. The molecule has 1 fully saturated rings. The predicted octanol–water partition coefficient (Wildman–Crippen LogP) is 3.65. The summed E-state index contributed by atoms with van der Waals surface area (Å²) >= 11 is 0. The zero-order valence-electron chi connectivity index (χ0n) is 17.3. The number of aromatic nitrogens is 2. The van der Waals surface area contributed by atoms with Crippen LogP contribution in [0.1, 0.15) is 43.5 Å². The van der Waals surface area contributed by atoms with E-state index in [1.807, 2.05) is 44.2 Å². The molecule has 6 nitrogen and oxygen atoms in total. The van der Waals surface area contributed by atoms with E-state index in [9.17, 15) is 4.79 Å². The van der Waals surface area contributed by atoms with Crippen LogP contribution in [0.25, 0.3) is 12.2 Å². The van der Waals surface area contributed by atoms with Gasteiger partial charge in [-0.15, -0.1) is 0 Å². The van der Waals surface area contributed by atoms with Crippen molar-refractivity contribution in [3.05, 3.63) is 53.5 Å². The highest BCUT2D eigenvalue weighted by Gasteiger charge is 2.31. The number of hydrogen-bond acceptors (Lipinski definition) is 5. The number of hydrogen-bond donors (Lipinski definition) is 1. The molecule has 0 aliphatic heterocycles. The first-order valence-electron chi connectivity index (χ1n) is 10.1. The van der Waals surface area contributed by atoms with Gasteiger partial charge in [0.1, 0.15) is 6.33 Å². The van der Waals surface area contributed by atoms with E-state index < -0.39 is 0 Å². The molecule has 0 spiro atoms. The molecule has 1 atom stereocenters. The van der Waals surface area contributed by atoms with Gasteiger partial charge in [-0.25, -0.2) is 9.97 Å². The van der Waals surface area contributed by atoms with Crippen LogP contribution in [0.2, 0.25) is 0 Å². The van der Waals surface area contributed by atoms with Crippen molar-refractivity contribution >= 4 is 18.1 Å². The quantitative estimate of drug-likeness (QED) is 0.702. The predicted molar refractivity (Wildman–Crippen MR) is 113 cm³/mol. The average Bonchev–Trinajstić information content (AvgIpc) is 2.66. The SMILES string of the molecule is CC(=O)N[C@@H](C)COC1CC(COc2ncnc(/C=C/c3ccccc3)c2C)C1. The number of benzene rings is 1. The fourth-order valence-electron chi connectivity index (χ4n) is 3.31. The van der Waals surface area contributed by atoms with Crippen LogP contribution in [-0.2, 0) is 9.53 Å². The maximum Gasteiger partial charge on any atom is 0.219 e. The molecule has 1 N–H and O–H groups in total. The molecule has 1 heterocycles. The summed E-state index contributed by atoms with van der Waals surface area (Å²) in [7, 11) is 0. The zero-order valence-corrected chi connectivity index (χ0v) is 17.3. The van der Waals surface area contributed by atoms with Crippen LogP contribution in [-0.4, -0.2) is 41.2 Å². The van der Waals surface area contributed by atoms with E-state index in [4.69, 9.17) is 9.47 Å². The van der Waals surface area contributed by atoms with Crippen LogP contribution in [0.4, 0.5) is 0 Å². The van der Waals surface area contributed by atoms with Crippen molar-refractivity contribution in [2.45, 2.75) is 45.8 Å². The molecule has 1 aliphatic carbocycles. The Hall–Kier alpha value is -2.73. The molecular weight excluding hydrogens is 366 g/mol. The summed E-state index contributed by atoms with van der Waals surface area (Å²) < 4.78 is 11.8. The lowest BCUT2D eigenvalue weighted by Gasteiger charge is -2.35. The molecule has 1 saturated carbocycles. The van der Waals surface area contributed by atoms with Gasteiger partial charge >= 0.3 is 0 Å². The Bertz CT molecular complexity index is 833. The lowest BCUT2D eigenvalue weighted by molar-refractivity contribution is -0.120. The second-order valence-electron chi connectivity index (χ2n) is 7.64. The van der Waals surface area contributed by atoms with Crippen LogP contribution < -0.4 is 10.1 Å². The van der Waals surface area contributed by atoms with Crippen LogP contribution in [0, 0.1) is 12.8 Å². The number of ether oxygens (including phenoxy) is 2. The summed E-state index contributed by atoms with van der Waals surface area (Å²) in [5, 5.41) is 2.83. The van der Waals surface area contributed by atoms with E-state index in [2.05, 4.69) is 27.4 Å². The Labute approximate surface area is 172 Å². The molecule has 0 unspecified atom stereocenters. The van der Waals surface area contributed by atoms with Gasteiger partial charge < -0.3 is 14.8 Å². The number of carbonyl (C=O) groups is 1. The first-order valence-corrected chi connectivity index (χ1v) is 10.1. The van der Waals surface area contributed by atoms with E-state index in [1.165, 1.54) is 6.92 Å². The topological polar surface area (TPSA) is 73.3 Å². The van der Waals surface area contributed by atoms with Crippen LogP contribution in [0.5, 0.6) is 5.88 Å². The highest BCUT2D eigenvalue weighted by molar-refractivity contribution is 5.73. The first kappa shape index (κ1) is 21.0. The smallest absolute Gasteiger partial charge is 0.219 e. The van der Waals surface area contributed by atoms with Crippen molar-refractivity contribution in [1.29, 1.82) is 0 Å². The van der Waals surface area contributed by atoms with Gasteiger partial charge in [0.05, 0.1) is 25.0 Å². The van der Waals surface area contributed by atoms with Gasteiger partial charge in [-0.3, -0.25) is 4.79 Å². The van der Waals surface area contributed by atoms with Crippen molar-refractivity contribution in [2.75, 3.05) is 13.2 Å². The molecule has 6 heteroatoms. The summed E-state index contributed by atoms with van der Waals surface area (Å²) in [6.45, 7) is 6.62. The van der Waals surface area contributed by atoms with Gasteiger partial charge in [-0.1, -0.05) is 36.4 Å². The normalized spacial score (nSPS) is 19.6. The number of carbonyl (C=O) groups excluding carboxylic acids is 1. The number of rotatable bonds is 9. The maximum absolute atomic E-state index is 11.0. The molecule has 2 aromatic rings. The van der Waals surface area contributed by atoms with Crippen LogP contribution >= 0.6 is 0 Å². The van der Waals surface area contributed by atoms with Crippen LogP contribution in [0.15, 0.2) is 36.7 Å².